The smallest absolute Gasteiger partial charge is 0.226 e. The lowest BCUT2D eigenvalue weighted by Gasteiger charge is -2.25. The summed E-state index contributed by atoms with van der Waals surface area (Å²) in [5.41, 5.74) is 2.18. The van der Waals surface area contributed by atoms with Crippen molar-refractivity contribution >= 4 is 5.91 Å². The first kappa shape index (κ1) is 17.6. The number of likely N-dealkylation sites (tertiary alicyclic amines) is 1. The Hall–Kier alpha value is -2.18. The molecule has 1 amide bonds. The van der Waals surface area contributed by atoms with E-state index in [1.165, 1.54) is 0 Å². The Morgan fingerprint density at radius 2 is 2.24 bits per heavy atom. The first-order chi connectivity index (χ1) is 12.1. The average Bonchev–Trinajstić information content (AvgIpc) is 3.29. The quantitative estimate of drug-likeness (QED) is 0.770. The van der Waals surface area contributed by atoms with Crippen molar-refractivity contribution in [2.24, 2.45) is 0 Å². The van der Waals surface area contributed by atoms with E-state index in [9.17, 15) is 4.79 Å². The van der Waals surface area contributed by atoms with Crippen molar-refractivity contribution in [2.75, 3.05) is 6.54 Å². The molecule has 0 aliphatic carbocycles. The summed E-state index contributed by atoms with van der Waals surface area (Å²) in [5.74, 6) is 1.58. The van der Waals surface area contributed by atoms with Gasteiger partial charge in [-0.1, -0.05) is 12.1 Å². The summed E-state index contributed by atoms with van der Waals surface area (Å²) < 4.78 is 7.20. The van der Waals surface area contributed by atoms with Crippen LogP contribution in [-0.4, -0.2) is 43.3 Å². The summed E-state index contributed by atoms with van der Waals surface area (Å²) in [7, 11) is 0. The molecular formula is C18H27N5O2. The molecule has 0 radical (unpaired) electrons. The number of nitrogens with zero attached hydrogens (tertiary/aromatic N) is 5. The zero-order valence-corrected chi connectivity index (χ0v) is 15.4. The van der Waals surface area contributed by atoms with E-state index in [1.54, 1.807) is 0 Å². The third kappa shape index (κ3) is 4.27. The Morgan fingerprint density at radius 3 is 2.92 bits per heavy atom. The van der Waals surface area contributed by atoms with Gasteiger partial charge < -0.3 is 9.42 Å². The van der Waals surface area contributed by atoms with E-state index in [0.717, 1.165) is 56.0 Å². The number of carbonyl (C=O) groups excluding carboxylic acids is 1. The van der Waals surface area contributed by atoms with Crippen LogP contribution in [0.25, 0.3) is 0 Å². The second kappa shape index (κ2) is 7.80. The maximum absolute atomic E-state index is 12.6. The first-order valence-corrected chi connectivity index (χ1v) is 9.18. The predicted molar refractivity (Wildman–Crippen MR) is 93.1 cm³/mol. The van der Waals surface area contributed by atoms with Crippen molar-refractivity contribution in [3.8, 4) is 0 Å². The van der Waals surface area contributed by atoms with E-state index in [0.29, 0.717) is 18.7 Å². The van der Waals surface area contributed by atoms with Crippen LogP contribution in [0.15, 0.2) is 10.6 Å². The van der Waals surface area contributed by atoms with Crippen LogP contribution in [0.3, 0.4) is 0 Å². The molecule has 3 rings (SSSR count). The van der Waals surface area contributed by atoms with Gasteiger partial charge in [0.2, 0.25) is 11.8 Å². The normalized spacial score (nSPS) is 17.4. The minimum atomic E-state index is 0.222. The van der Waals surface area contributed by atoms with Crippen LogP contribution in [0.4, 0.5) is 0 Å². The molecule has 0 N–H and O–H groups in total. The van der Waals surface area contributed by atoms with Crippen LogP contribution in [0.5, 0.6) is 0 Å². The summed E-state index contributed by atoms with van der Waals surface area (Å²) >= 11 is 0. The molecule has 7 heteroatoms. The molecule has 0 spiro atoms. The number of carbonyl (C=O) groups is 1. The largest absolute Gasteiger partial charge is 0.339 e. The summed E-state index contributed by atoms with van der Waals surface area (Å²) in [4.78, 5) is 18.9. The molecule has 0 bridgehead atoms. The molecule has 0 unspecified atom stereocenters. The van der Waals surface area contributed by atoms with Gasteiger partial charge in [-0.25, -0.2) is 0 Å². The molecule has 1 atom stereocenters. The molecule has 1 saturated heterocycles. The molecular weight excluding hydrogens is 318 g/mol. The van der Waals surface area contributed by atoms with E-state index in [4.69, 9.17) is 4.52 Å². The molecule has 136 valence electrons. The van der Waals surface area contributed by atoms with Gasteiger partial charge in [-0.15, -0.1) is 0 Å². The van der Waals surface area contributed by atoms with Crippen molar-refractivity contribution < 1.29 is 9.32 Å². The molecule has 7 nitrogen and oxygen atoms in total. The van der Waals surface area contributed by atoms with Crippen molar-refractivity contribution in [1.82, 2.24) is 24.8 Å². The summed E-state index contributed by atoms with van der Waals surface area (Å²) in [6.07, 6.45) is 4.82. The van der Waals surface area contributed by atoms with Crippen molar-refractivity contribution in [3.05, 3.63) is 29.2 Å². The maximum Gasteiger partial charge on any atom is 0.226 e. The Kier molecular flexibility index (Phi) is 5.50. The average molecular weight is 345 g/mol. The van der Waals surface area contributed by atoms with Crippen LogP contribution >= 0.6 is 0 Å². The van der Waals surface area contributed by atoms with Gasteiger partial charge in [0.05, 0.1) is 18.3 Å². The fourth-order valence-electron chi connectivity index (χ4n) is 3.48. The van der Waals surface area contributed by atoms with E-state index in [1.807, 2.05) is 23.4 Å². The van der Waals surface area contributed by atoms with Gasteiger partial charge in [0.15, 0.2) is 5.82 Å². The van der Waals surface area contributed by atoms with Gasteiger partial charge in [0.25, 0.3) is 0 Å². The van der Waals surface area contributed by atoms with Gasteiger partial charge in [-0.05, 0) is 39.2 Å². The highest BCUT2D eigenvalue weighted by atomic mass is 16.5. The predicted octanol–water partition coefficient (Wildman–Crippen LogP) is 2.46. The zero-order chi connectivity index (χ0) is 17.8. The number of rotatable bonds is 7. The Bertz CT molecular complexity index is 721. The third-order valence-corrected chi connectivity index (χ3v) is 4.79. The number of aryl methyl sites for hydroxylation is 4. The fourth-order valence-corrected chi connectivity index (χ4v) is 3.48. The van der Waals surface area contributed by atoms with E-state index < -0.39 is 0 Å². The van der Waals surface area contributed by atoms with Gasteiger partial charge in [-0.3, -0.25) is 9.48 Å². The first-order valence-electron chi connectivity index (χ1n) is 9.18. The topological polar surface area (TPSA) is 77.0 Å². The monoisotopic (exact) mass is 345 g/mol. The molecule has 2 aromatic heterocycles. The second-order valence-electron chi connectivity index (χ2n) is 6.80. The van der Waals surface area contributed by atoms with Crippen LogP contribution in [-0.2, 0) is 24.2 Å². The summed E-state index contributed by atoms with van der Waals surface area (Å²) in [5, 5.41) is 8.42. The molecule has 3 heterocycles. The molecule has 25 heavy (non-hydrogen) atoms. The SMILES string of the molecule is CCc1noc(CCCC(=O)N2CCC[C@H]2Cn2nc(C)cc2C)n1. The zero-order valence-electron chi connectivity index (χ0n) is 15.4. The highest BCUT2D eigenvalue weighted by molar-refractivity contribution is 5.76. The van der Waals surface area contributed by atoms with Crippen molar-refractivity contribution in [3.63, 3.8) is 0 Å². The molecule has 1 aliphatic heterocycles. The minimum absolute atomic E-state index is 0.222. The molecule has 0 saturated carbocycles. The lowest BCUT2D eigenvalue weighted by molar-refractivity contribution is -0.132. The van der Waals surface area contributed by atoms with Crippen LogP contribution in [0, 0.1) is 13.8 Å². The number of hydrogen-bond donors (Lipinski definition) is 0. The second-order valence-corrected chi connectivity index (χ2v) is 6.80. The molecule has 1 aliphatic rings. The lowest BCUT2D eigenvalue weighted by Crippen LogP contribution is -2.38. The van der Waals surface area contributed by atoms with Gasteiger partial charge in [-0.2, -0.15) is 10.1 Å². The fraction of sp³-hybridized carbons (Fsp3) is 0.667. The maximum atomic E-state index is 12.6. The highest BCUT2D eigenvalue weighted by Crippen LogP contribution is 2.21. The van der Waals surface area contributed by atoms with Crippen LogP contribution < -0.4 is 0 Å². The molecule has 0 aromatic carbocycles. The number of amides is 1. The van der Waals surface area contributed by atoms with Gasteiger partial charge >= 0.3 is 0 Å². The van der Waals surface area contributed by atoms with Gasteiger partial charge in [0.1, 0.15) is 0 Å². The van der Waals surface area contributed by atoms with E-state index in [2.05, 4.69) is 28.2 Å². The standard InChI is InChI=1S/C18H27N5O2/c1-4-16-19-17(25-21-16)8-5-9-18(24)22-10-6-7-15(22)12-23-14(3)11-13(2)20-23/h11,15H,4-10,12H2,1-3H3/t15-/m0/s1. The summed E-state index contributed by atoms with van der Waals surface area (Å²) in [6, 6.07) is 2.33. The number of aromatic nitrogens is 4. The Labute approximate surface area is 148 Å². The summed E-state index contributed by atoms with van der Waals surface area (Å²) in [6.45, 7) is 7.70. The van der Waals surface area contributed by atoms with Crippen molar-refractivity contribution in [2.45, 2.75) is 71.9 Å². The van der Waals surface area contributed by atoms with Crippen molar-refractivity contribution in [1.29, 1.82) is 0 Å². The Balaban J connectivity index is 1.51. The Morgan fingerprint density at radius 1 is 1.40 bits per heavy atom. The van der Waals surface area contributed by atoms with E-state index >= 15 is 0 Å². The van der Waals surface area contributed by atoms with E-state index in [-0.39, 0.29) is 11.9 Å². The molecule has 1 fully saturated rings. The molecule has 2 aromatic rings. The lowest BCUT2D eigenvalue weighted by atomic mass is 10.2. The third-order valence-electron chi connectivity index (χ3n) is 4.79. The minimum Gasteiger partial charge on any atom is -0.339 e. The number of hydrogen-bond acceptors (Lipinski definition) is 5. The van der Waals surface area contributed by atoms with Crippen LogP contribution in [0.1, 0.15) is 55.7 Å². The highest BCUT2D eigenvalue weighted by Gasteiger charge is 2.29. The van der Waals surface area contributed by atoms with Crippen LogP contribution in [0.2, 0.25) is 0 Å². The van der Waals surface area contributed by atoms with Gasteiger partial charge in [0, 0.05) is 31.5 Å².